The van der Waals surface area contributed by atoms with Gasteiger partial charge in [-0.1, -0.05) is 54.6 Å². The fourth-order valence-corrected chi connectivity index (χ4v) is 6.23. The molecule has 3 aromatic rings. The van der Waals surface area contributed by atoms with Crippen molar-refractivity contribution >= 4 is 34.7 Å². The van der Waals surface area contributed by atoms with Crippen molar-refractivity contribution in [1.82, 2.24) is 0 Å². The number of quaternary nitrogens is 1. The number of nitrogens with zero attached hydrogens (tertiary/aromatic N) is 2. The third-order valence-electron chi connectivity index (χ3n) is 7.70. The maximum atomic E-state index is 13.7. The van der Waals surface area contributed by atoms with Crippen molar-refractivity contribution in [2.45, 2.75) is 31.2 Å². The summed E-state index contributed by atoms with van der Waals surface area (Å²) < 4.78 is 38.6. The van der Waals surface area contributed by atoms with Crippen LogP contribution in [0.4, 0.5) is 18.9 Å². The molecule has 0 N–H and O–H groups in total. The van der Waals surface area contributed by atoms with Gasteiger partial charge in [-0.25, -0.2) is 4.79 Å². The van der Waals surface area contributed by atoms with Crippen LogP contribution in [0.15, 0.2) is 78.2 Å². The molecule has 2 atom stereocenters. The number of carbonyl (C=O) groups excluding carboxylic acids is 3. The molecule has 3 aliphatic rings. The van der Waals surface area contributed by atoms with E-state index >= 15 is 0 Å². The van der Waals surface area contributed by atoms with Crippen LogP contribution in [-0.4, -0.2) is 67.7 Å². The Morgan fingerprint density at radius 1 is 1.00 bits per heavy atom. The Morgan fingerprint density at radius 3 is 2.12 bits per heavy atom. The zero-order valence-electron chi connectivity index (χ0n) is 22.5. The lowest BCUT2D eigenvalue weighted by Crippen LogP contribution is -2.65. The molecule has 7 nitrogen and oxygen atoms in total. The summed E-state index contributed by atoms with van der Waals surface area (Å²) in [7, 11) is 1.94. The van der Waals surface area contributed by atoms with E-state index in [-0.39, 0.29) is 17.9 Å². The Bertz CT molecular complexity index is 1310. The highest BCUT2D eigenvalue weighted by Crippen LogP contribution is 2.37. The van der Waals surface area contributed by atoms with E-state index in [2.05, 4.69) is 0 Å². The molecule has 0 aliphatic carbocycles. The molecule has 41 heavy (non-hydrogen) atoms. The first-order valence-electron chi connectivity index (χ1n) is 13.2. The minimum Gasteiger partial charge on any atom is -0.542 e. The largest absolute Gasteiger partial charge is 0.542 e. The number of anilines is 1. The number of hydrogen-bond acceptors (Lipinski definition) is 7. The first kappa shape index (κ1) is 30.3. The Balaban J connectivity index is 0.000000493. The van der Waals surface area contributed by atoms with E-state index < -0.39 is 18.2 Å². The van der Waals surface area contributed by atoms with E-state index in [1.807, 2.05) is 90.1 Å². The van der Waals surface area contributed by atoms with Gasteiger partial charge in [0.15, 0.2) is 12.1 Å². The van der Waals surface area contributed by atoms with Crippen molar-refractivity contribution in [1.29, 1.82) is 0 Å². The van der Waals surface area contributed by atoms with Gasteiger partial charge in [0.25, 0.3) is 0 Å². The Hall–Kier alpha value is -3.70. The average molecular weight is 589 g/mol. The van der Waals surface area contributed by atoms with E-state index in [9.17, 15) is 22.8 Å². The number of alkyl halides is 3. The van der Waals surface area contributed by atoms with Crippen molar-refractivity contribution in [3.05, 3.63) is 88.6 Å². The average Bonchev–Trinajstić information content (AvgIpc) is 3.50. The van der Waals surface area contributed by atoms with Gasteiger partial charge >= 0.3 is 12.1 Å². The molecule has 3 saturated heterocycles. The monoisotopic (exact) mass is 588 g/mol. The minimum atomic E-state index is -5.19. The van der Waals surface area contributed by atoms with Crippen LogP contribution in [0, 0.1) is 5.92 Å². The number of carboxylic acids is 1. The zero-order chi connectivity index (χ0) is 29.6. The summed E-state index contributed by atoms with van der Waals surface area (Å²) in [6, 6.07) is 23.1. The topological polar surface area (TPSA) is 86.7 Å². The minimum absolute atomic E-state index is 0.151. The van der Waals surface area contributed by atoms with Crippen LogP contribution in [0.2, 0.25) is 0 Å². The van der Waals surface area contributed by atoms with Gasteiger partial charge in [-0.2, -0.15) is 13.2 Å². The number of carbonyl (C=O) groups is 3. The summed E-state index contributed by atoms with van der Waals surface area (Å²) in [5.74, 6) is -2.66. The quantitative estimate of drug-likeness (QED) is 0.222. The van der Waals surface area contributed by atoms with Gasteiger partial charge in [-0.05, 0) is 29.1 Å². The first-order valence-corrected chi connectivity index (χ1v) is 14.1. The normalized spacial score (nSPS) is 22.1. The zero-order valence-corrected chi connectivity index (χ0v) is 23.3. The van der Waals surface area contributed by atoms with Gasteiger partial charge < -0.3 is 24.0 Å². The number of likely N-dealkylation sites (N-methyl/N-ethyl adjacent to an activating group) is 1. The SMILES string of the molecule is CN(c1ccccc1)C(C(=O)O[C@H]1C[N+]2(CC(=O)c3cccs3)CCC1CC2)c1ccccc1.O=C([O-])C(F)(F)F. The number of fused-ring (bicyclic) bond motifs is 3. The summed E-state index contributed by atoms with van der Waals surface area (Å²) in [5, 5.41) is 10.7. The molecular formula is C30H31F3N2O5S. The van der Waals surface area contributed by atoms with Gasteiger partial charge in [-0.15, -0.1) is 11.3 Å². The molecule has 0 spiro atoms. The summed E-state index contributed by atoms with van der Waals surface area (Å²) in [6.07, 6.45) is -3.35. The molecule has 2 aromatic carbocycles. The maximum absolute atomic E-state index is 13.7. The van der Waals surface area contributed by atoms with Gasteiger partial charge in [-0.3, -0.25) is 4.79 Å². The van der Waals surface area contributed by atoms with Crippen molar-refractivity contribution in [3.63, 3.8) is 0 Å². The van der Waals surface area contributed by atoms with E-state index in [4.69, 9.17) is 14.6 Å². The van der Waals surface area contributed by atoms with Crippen LogP contribution in [0.1, 0.15) is 34.1 Å². The van der Waals surface area contributed by atoms with Gasteiger partial charge in [0.2, 0.25) is 5.78 Å². The van der Waals surface area contributed by atoms with E-state index in [1.165, 1.54) is 11.3 Å². The maximum Gasteiger partial charge on any atom is 0.430 e. The van der Waals surface area contributed by atoms with Crippen LogP contribution >= 0.6 is 11.3 Å². The molecule has 1 unspecified atom stereocenters. The number of rotatable bonds is 8. The molecular weight excluding hydrogens is 557 g/mol. The molecule has 1 aromatic heterocycles. The molecule has 6 rings (SSSR count). The van der Waals surface area contributed by atoms with Crippen LogP contribution < -0.4 is 10.0 Å². The second-order valence-corrected chi connectivity index (χ2v) is 11.3. The predicted octanol–water partition coefficient (Wildman–Crippen LogP) is 4.26. The molecule has 218 valence electrons. The second kappa shape index (κ2) is 12.9. The number of piperidine rings is 3. The van der Waals surface area contributed by atoms with E-state index in [1.54, 1.807) is 0 Å². The molecule has 0 saturated carbocycles. The highest BCUT2D eigenvalue weighted by molar-refractivity contribution is 7.12. The summed E-state index contributed by atoms with van der Waals surface area (Å²) in [6.45, 7) is 3.20. The summed E-state index contributed by atoms with van der Waals surface area (Å²) in [4.78, 5) is 38.2. The fourth-order valence-electron chi connectivity index (χ4n) is 5.58. The lowest BCUT2D eigenvalue weighted by atomic mass is 9.83. The summed E-state index contributed by atoms with van der Waals surface area (Å²) in [5.41, 5.74) is 1.88. The van der Waals surface area contributed by atoms with Crippen molar-refractivity contribution in [3.8, 4) is 0 Å². The summed E-state index contributed by atoms with van der Waals surface area (Å²) >= 11 is 1.51. The fraction of sp³-hybridized carbons (Fsp3) is 0.367. The number of ether oxygens (including phenoxy) is 1. The standard InChI is InChI=1S/C28H31N2O3S.C2HF3O2/c1-29(23-11-6-3-7-12-23)27(22-9-4-2-5-10-22)28(32)33-25-20-30(16-14-21(25)15-17-30)19-24(31)26-13-8-18-34-26;3-2(4,5)1(6)7/h2-13,18,21,25,27H,14-17,19-20H2,1H3;(H,6,7)/q+1;/p-1/t21?,25-,27?,30?;/m0./s1. The Morgan fingerprint density at radius 2 is 1.59 bits per heavy atom. The van der Waals surface area contributed by atoms with Crippen LogP contribution in [0.5, 0.6) is 0 Å². The highest BCUT2D eigenvalue weighted by atomic mass is 32.1. The number of carboxylic acid groups (broad SMARTS) is 1. The number of hydrogen-bond donors (Lipinski definition) is 0. The molecule has 11 heteroatoms. The lowest BCUT2D eigenvalue weighted by Gasteiger charge is -2.51. The van der Waals surface area contributed by atoms with E-state index in [0.29, 0.717) is 12.5 Å². The van der Waals surface area contributed by atoms with E-state index in [0.717, 1.165) is 53.1 Å². The third-order valence-corrected chi connectivity index (χ3v) is 8.62. The molecule has 4 heterocycles. The molecule has 3 aliphatic heterocycles. The number of aliphatic carboxylic acids is 1. The van der Waals surface area contributed by atoms with Crippen LogP contribution in [-0.2, 0) is 14.3 Å². The third kappa shape index (κ3) is 7.53. The van der Waals surface area contributed by atoms with Crippen LogP contribution in [0.25, 0.3) is 0 Å². The molecule has 0 amide bonds. The number of esters is 1. The van der Waals surface area contributed by atoms with Gasteiger partial charge in [0.1, 0.15) is 19.1 Å². The number of ketones is 1. The second-order valence-electron chi connectivity index (χ2n) is 10.4. The predicted molar refractivity (Wildman–Crippen MR) is 146 cm³/mol. The number of benzene rings is 2. The smallest absolute Gasteiger partial charge is 0.430 e. The number of Topliss-reactive ketones (excluding diaryl/α,β-unsaturated/α-hetero) is 1. The molecule has 0 radical (unpaired) electrons. The van der Waals surface area contributed by atoms with Crippen LogP contribution in [0.3, 0.4) is 0 Å². The van der Waals surface area contributed by atoms with Gasteiger partial charge in [0.05, 0.1) is 18.0 Å². The number of halogens is 3. The molecule has 2 bridgehead atoms. The number of thiophene rings is 1. The van der Waals surface area contributed by atoms with Crippen molar-refractivity contribution in [2.24, 2.45) is 5.92 Å². The van der Waals surface area contributed by atoms with Crippen molar-refractivity contribution in [2.75, 3.05) is 38.1 Å². The Kier molecular flexibility index (Phi) is 9.49. The molecule has 3 fully saturated rings. The lowest BCUT2D eigenvalue weighted by molar-refractivity contribution is -0.938. The highest BCUT2D eigenvalue weighted by Gasteiger charge is 2.49. The Labute approximate surface area is 240 Å². The first-order chi connectivity index (χ1) is 19.5. The number of para-hydroxylation sites is 1. The van der Waals surface area contributed by atoms with Crippen molar-refractivity contribution < 1.29 is 41.9 Å². The van der Waals surface area contributed by atoms with Gasteiger partial charge in [0, 0.05) is 31.5 Å².